The van der Waals surface area contributed by atoms with Crippen LogP contribution in [0.5, 0.6) is 5.75 Å². The summed E-state index contributed by atoms with van der Waals surface area (Å²) in [5.41, 5.74) is 10.1. The van der Waals surface area contributed by atoms with Gasteiger partial charge in [-0.05, 0) is 79.4 Å². The zero-order valence-corrected chi connectivity index (χ0v) is 15.6. The summed E-state index contributed by atoms with van der Waals surface area (Å²) >= 11 is 0. The molecule has 2 aromatic rings. The Kier molecular flexibility index (Phi) is 5.57. The zero-order valence-electron chi connectivity index (χ0n) is 15.6. The Labute approximate surface area is 157 Å². The molecule has 138 valence electrons. The minimum atomic E-state index is 0.558. The van der Waals surface area contributed by atoms with Crippen LogP contribution in [-0.4, -0.2) is 37.7 Å². The van der Waals surface area contributed by atoms with Crippen LogP contribution >= 0.6 is 0 Å². The highest BCUT2D eigenvalue weighted by Crippen LogP contribution is 2.41. The summed E-state index contributed by atoms with van der Waals surface area (Å²) in [6.45, 7) is 4.94. The molecule has 0 radical (unpaired) electrons. The average Bonchev–Trinajstić information content (AvgIpc) is 2.65. The van der Waals surface area contributed by atoms with Crippen LogP contribution in [0.4, 0.5) is 0 Å². The van der Waals surface area contributed by atoms with Gasteiger partial charge in [0, 0.05) is 13.1 Å². The second-order valence-electron chi connectivity index (χ2n) is 7.75. The van der Waals surface area contributed by atoms with E-state index in [-0.39, 0.29) is 0 Å². The van der Waals surface area contributed by atoms with Gasteiger partial charge in [-0.1, -0.05) is 36.4 Å². The number of nitrogens with two attached hydrogens (primary N) is 1. The molecule has 2 aliphatic rings. The molecule has 1 aliphatic heterocycles. The Balaban J connectivity index is 1.61. The summed E-state index contributed by atoms with van der Waals surface area (Å²) < 4.78 is 5.83. The number of hydrogen-bond acceptors (Lipinski definition) is 3. The third-order valence-electron chi connectivity index (χ3n) is 6.00. The quantitative estimate of drug-likeness (QED) is 0.829. The average molecular weight is 351 g/mol. The minimum Gasteiger partial charge on any atom is -0.492 e. The van der Waals surface area contributed by atoms with E-state index in [1.165, 1.54) is 55.6 Å². The molecular formula is C23H30N2O. The first-order chi connectivity index (χ1) is 12.8. The second-order valence-corrected chi connectivity index (χ2v) is 7.75. The molecule has 2 atom stereocenters. The number of fused-ring (bicyclic) bond motifs is 1. The topological polar surface area (TPSA) is 38.5 Å². The van der Waals surface area contributed by atoms with Crippen LogP contribution in [0.25, 0.3) is 0 Å². The molecule has 3 nitrogen and oxygen atoms in total. The number of hydrogen-bond donors (Lipinski definition) is 1. The van der Waals surface area contributed by atoms with Crippen LogP contribution < -0.4 is 10.5 Å². The Bertz CT molecular complexity index is 711. The first kappa shape index (κ1) is 17.6. The van der Waals surface area contributed by atoms with E-state index >= 15 is 0 Å². The number of aryl methyl sites for hydroxylation is 1. The van der Waals surface area contributed by atoms with E-state index in [9.17, 15) is 0 Å². The lowest BCUT2D eigenvalue weighted by Gasteiger charge is -2.40. The van der Waals surface area contributed by atoms with Gasteiger partial charge >= 0.3 is 0 Å². The molecule has 1 aliphatic carbocycles. The largest absolute Gasteiger partial charge is 0.492 e. The molecule has 26 heavy (non-hydrogen) atoms. The predicted octanol–water partition coefficient (Wildman–Crippen LogP) is 3.62. The van der Waals surface area contributed by atoms with Crippen LogP contribution in [0, 0.1) is 5.92 Å². The van der Waals surface area contributed by atoms with Gasteiger partial charge in [0.25, 0.3) is 0 Å². The fraction of sp³-hybridized carbons (Fsp3) is 0.478. The zero-order chi connectivity index (χ0) is 17.8. The van der Waals surface area contributed by atoms with Gasteiger partial charge in [-0.25, -0.2) is 0 Å². The molecule has 0 saturated carbocycles. The van der Waals surface area contributed by atoms with Gasteiger partial charge in [-0.2, -0.15) is 0 Å². The van der Waals surface area contributed by atoms with E-state index in [1.807, 2.05) is 0 Å². The van der Waals surface area contributed by atoms with Gasteiger partial charge in [-0.3, -0.25) is 0 Å². The summed E-state index contributed by atoms with van der Waals surface area (Å²) in [6, 6.07) is 17.6. The van der Waals surface area contributed by atoms with E-state index in [0.717, 1.165) is 18.1 Å². The molecular weight excluding hydrogens is 320 g/mol. The predicted molar refractivity (Wildman–Crippen MR) is 107 cm³/mol. The van der Waals surface area contributed by atoms with Crippen molar-refractivity contribution in [1.82, 2.24) is 4.90 Å². The molecule has 1 heterocycles. The van der Waals surface area contributed by atoms with E-state index in [1.54, 1.807) is 0 Å². The number of likely N-dealkylation sites (tertiary alicyclic amines) is 1. The fourth-order valence-electron chi connectivity index (χ4n) is 4.47. The third kappa shape index (κ3) is 3.94. The standard InChI is InChI=1S/C23H30N2O/c24-11-14-26-21-10-9-19-7-8-20(17-25-12-4-13-25)22(23(19)16-21)15-18-5-2-1-3-6-18/h1-3,5-6,9-10,16,20,22H,4,7-8,11-15,17,24H2. The maximum atomic E-state index is 5.83. The van der Waals surface area contributed by atoms with Crippen molar-refractivity contribution in [2.24, 2.45) is 11.7 Å². The fourth-order valence-corrected chi connectivity index (χ4v) is 4.47. The lowest BCUT2D eigenvalue weighted by molar-refractivity contribution is 0.134. The molecule has 0 aromatic heterocycles. The molecule has 0 amide bonds. The Hall–Kier alpha value is -1.84. The van der Waals surface area contributed by atoms with Crippen LogP contribution in [0.2, 0.25) is 0 Å². The van der Waals surface area contributed by atoms with Gasteiger partial charge in [0.2, 0.25) is 0 Å². The van der Waals surface area contributed by atoms with Gasteiger partial charge in [-0.15, -0.1) is 0 Å². The van der Waals surface area contributed by atoms with Crippen LogP contribution in [0.3, 0.4) is 0 Å². The van der Waals surface area contributed by atoms with Crippen molar-refractivity contribution < 1.29 is 4.74 Å². The number of ether oxygens (including phenoxy) is 1. The van der Waals surface area contributed by atoms with Gasteiger partial charge < -0.3 is 15.4 Å². The first-order valence-corrected chi connectivity index (χ1v) is 10.1. The van der Waals surface area contributed by atoms with Crippen LogP contribution in [0.15, 0.2) is 48.5 Å². The molecule has 2 aromatic carbocycles. The summed E-state index contributed by atoms with van der Waals surface area (Å²) in [5, 5.41) is 0. The number of nitrogens with zero attached hydrogens (tertiary/aromatic N) is 1. The summed E-state index contributed by atoms with van der Waals surface area (Å²) in [4.78, 5) is 2.63. The minimum absolute atomic E-state index is 0.558. The highest BCUT2D eigenvalue weighted by molar-refractivity contribution is 5.41. The normalized spacial score (nSPS) is 22.5. The van der Waals surface area contributed by atoms with Crippen LogP contribution in [-0.2, 0) is 12.8 Å². The first-order valence-electron chi connectivity index (χ1n) is 10.1. The van der Waals surface area contributed by atoms with Crippen molar-refractivity contribution in [2.45, 2.75) is 31.6 Å². The molecule has 3 heteroatoms. The molecule has 1 saturated heterocycles. The lowest BCUT2D eigenvalue weighted by Crippen LogP contribution is -2.43. The second kappa shape index (κ2) is 8.24. The van der Waals surface area contributed by atoms with Crippen molar-refractivity contribution in [1.29, 1.82) is 0 Å². The number of benzene rings is 2. The van der Waals surface area contributed by atoms with E-state index in [0.29, 0.717) is 19.1 Å². The summed E-state index contributed by atoms with van der Waals surface area (Å²) in [5.74, 6) is 2.27. The Morgan fingerprint density at radius 1 is 1.08 bits per heavy atom. The maximum absolute atomic E-state index is 5.83. The molecule has 0 bridgehead atoms. The molecule has 4 rings (SSSR count). The van der Waals surface area contributed by atoms with Gasteiger partial charge in [0.05, 0.1) is 0 Å². The van der Waals surface area contributed by atoms with E-state index in [2.05, 4.69) is 53.4 Å². The van der Waals surface area contributed by atoms with Crippen molar-refractivity contribution in [2.75, 3.05) is 32.8 Å². The van der Waals surface area contributed by atoms with Gasteiger partial charge in [0.15, 0.2) is 0 Å². The third-order valence-corrected chi connectivity index (χ3v) is 6.00. The Morgan fingerprint density at radius 2 is 1.92 bits per heavy atom. The molecule has 0 spiro atoms. The molecule has 2 N–H and O–H groups in total. The van der Waals surface area contributed by atoms with E-state index < -0.39 is 0 Å². The summed E-state index contributed by atoms with van der Waals surface area (Å²) in [7, 11) is 0. The molecule has 2 unspecified atom stereocenters. The maximum Gasteiger partial charge on any atom is 0.119 e. The van der Waals surface area contributed by atoms with Gasteiger partial charge in [0.1, 0.15) is 12.4 Å². The van der Waals surface area contributed by atoms with Crippen molar-refractivity contribution in [3.63, 3.8) is 0 Å². The lowest BCUT2D eigenvalue weighted by atomic mass is 9.72. The molecule has 1 fully saturated rings. The highest BCUT2D eigenvalue weighted by Gasteiger charge is 2.32. The van der Waals surface area contributed by atoms with Crippen molar-refractivity contribution >= 4 is 0 Å². The highest BCUT2D eigenvalue weighted by atomic mass is 16.5. The number of rotatable bonds is 7. The van der Waals surface area contributed by atoms with Crippen LogP contribution in [0.1, 0.15) is 35.4 Å². The Morgan fingerprint density at radius 3 is 2.65 bits per heavy atom. The van der Waals surface area contributed by atoms with E-state index in [4.69, 9.17) is 10.5 Å². The monoisotopic (exact) mass is 350 g/mol. The summed E-state index contributed by atoms with van der Waals surface area (Å²) in [6.07, 6.45) is 4.97. The smallest absolute Gasteiger partial charge is 0.119 e. The van der Waals surface area contributed by atoms with Crippen molar-refractivity contribution in [3.8, 4) is 5.75 Å². The SMILES string of the molecule is NCCOc1ccc2c(c1)C(Cc1ccccc1)C(CN1CCC1)CC2. The van der Waals surface area contributed by atoms with Crippen molar-refractivity contribution in [3.05, 3.63) is 65.2 Å².